The normalized spacial score (nSPS) is 12.8. The molecule has 0 aliphatic heterocycles. The Morgan fingerprint density at radius 1 is 1.35 bits per heavy atom. The van der Waals surface area contributed by atoms with Crippen LogP contribution in [-0.4, -0.2) is 42.9 Å². The van der Waals surface area contributed by atoms with Gasteiger partial charge < -0.3 is 20.5 Å². The molecule has 0 saturated heterocycles. The number of pyridine rings is 1. The first kappa shape index (κ1) is 19.2. The van der Waals surface area contributed by atoms with Crippen molar-refractivity contribution < 1.29 is 9.84 Å². The maximum atomic E-state index is 9.15. The van der Waals surface area contributed by atoms with E-state index in [9.17, 15) is 0 Å². The predicted molar refractivity (Wildman–Crippen MR) is 93.7 cm³/mol. The van der Waals surface area contributed by atoms with Crippen molar-refractivity contribution in [2.75, 3.05) is 26.8 Å². The monoisotopic (exact) mass is 322 g/mol. The van der Waals surface area contributed by atoms with Gasteiger partial charge in [0.05, 0.1) is 13.7 Å². The fourth-order valence-corrected chi connectivity index (χ4v) is 2.41. The van der Waals surface area contributed by atoms with Gasteiger partial charge in [-0.1, -0.05) is 19.4 Å². The summed E-state index contributed by atoms with van der Waals surface area (Å²) in [6, 6.07) is 3.84. The number of methoxy groups -OCH3 is 1. The molecule has 0 aliphatic carbocycles. The van der Waals surface area contributed by atoms with Crippen LogP contribution in [0.5, 0.6) is 5.88 Å². The van der Waals surface area contributed by atoms with Crippen molar-refractivity contribution in [3.8, 4) is 5.88 Å². The number of guanidine groups is 1. The molecule has 0 bridgehead atoms. The Morgan fingerprint density at radius 2 is 2.17 bits per heavy atom. The van der Waals surface area contributed by atoms with E-state index in [4.69, 9.17) is 9.84 Å². The van der Waals surface area contributed by atoms with Crippen molar-refractivity contribution in [3.05, 3.63) is 23.9 Å². The summed E-state index contributed by atoms with van der Waals surface area (Å²) in [6.45, 7) is 6.55. The molecule has 0 aliphatic rings. The van der Waals surface area contributed by atoms with E-state index in [-0.39, 0.29) is 6.61 Å². The van der Waals surface area contributed by atoms with Gasteiger partial charge in [0.1, 0.15) is 0 Å². The van der Waals surface area contributed by atoms with Crippen molar-refractivity contribution in [2.45, 2.75) is 39.7 Å². The zero-order valence-corrected chi connectivity index (χ0v) is 14.5. The summed E-state index contributed by atoms with van der Waals surface area (Å²) < 4.78 is 5.25. The molecule has 6 heteroatoms. The first-order valence-corrected chi connectivity index (χ1v) is 8.36. The topological polar surface area (TPSA) is 78.8 Å². The third-order valence-electron chi connectivity index (χ3n) is 3.59. The lowest BCUT2D eigenvalue weighted by atomic mass is 10.0. The number of aliphatic hydroxyl groups is 1. The van der Waals surface area contributed by atoms with Gasteiger partial charge in [0.15, 0.2) is 5.96 Å². The number of aliphatic imine (C=N–C) groups is 1. The minimum absolute atomic E-state index is 0.229. The van der Waals surface area contributed by atoms with Crippen LogP contribution in [-0.2, 0) is 6.54 Å². The highest BCUT2D eigenvalue weighted by Crippen LogP contribution is 2.14. The summed E-state index contributed by atoms with van der Waals surface area (Å²) in [7, 11) is 1.61. The fraction of sp³-hybridized carbons (Fsp3) is 0.647. The van der Waals surface area contributed by atoms with E-state index in [0.29, 0.717) is 18.3 Å². The molecular formula is C17H30N4O2. The van der Waals surface area contributed by atoms with Crippen LogP contribution in [0.2, 0.25) is 0 Å². The number of nitrogens with zero attached hydrogens (tertiary/aromatic N) is 2. The maximum Gasteiger partial charge on any atom is 0.218 e. The zero-order valence-electron chi connectivity index (χ0n) is 14.5. The second-order valence-electron chi connectivity index (χ2n) is 5.41. The molecule has 1 aromatic rings. The van der Waals surface area contributed by atoms with Gasteiger partial charge in [0, 0.05) is 31.5 Å². The van der Waals surface area contributed by atoms with E-state index in [1.165, 1.54) is 0 Å². The fourth-order valence-electron chi connectivity index (χ4n) is 2.41. The van der Waals surface area contributed by atoms with Gasteiger partial charge in [0.25, 0.3) is 0 Å². The smallest absolute Gasteiger partial charge is 0.218 e. The lowest BCUT2D eigenvalue weighted by Crippen LogP contribution is -2.40. The zero-order chi connectivity index (χ0) is 16.9. The van der Waals surface area contributed by atoms with E-state index in [2.05, 4.69) is 27.5 Å². The molecule has 130 valence electrons. The van der Waals surface area contributed by atoms with Crippen molar-refractivity contribution >= 4 is 5.96 Å². The SMILES string of the molecule is CCCC(CCO)CNC(=NCc1cccnc1OC)NCC. The number of aromatic nitrogens is 1. The van der Waals surface area contributed by atoms with Crippen LogP contribution in [0, 0.1) is 5.92 Å². The lowest BCUT2D eigenvalue weighted by Gasteiger charge is -2.18. The van der Waals surface area contributed by atoms with E-state index in [1.54, 1.807) is 13.3 Å². The van der Waals surface area contributed by atoms with E-state index >= 15 is 0 Å². The van der Waals surface area contributed by atoms with Crippen LogP contribution < -0.4 is 15.4 Å². The Morgan fingerprint density at radius 3 is 2.83 bits per heavy atom. The van der Waals surface area contributed by atoms with Gasteiger partial charge in [-0.15, -0.1) is 0 Å². The summed E-state index contributed by atoms with van der Waals surface area (Å²) in [5.41, 5.74) is 0.952. The van der Waals surface area contributed by atoms with Crippen LogP contribution in [0.3, 0.4) is 0 Å². The van der Waals surface area contributed by atoms with Crippen molar-refractivity contribution in [1.29, 1.82) is 0 Å². The minimum Gasteiger partial charge on any atom is -0.481 e. The van der Waals surface area contributed by atoms with Gasteiger partial charge in [0.2, 0.25) is 5.88 Å². The number of hydrogen-bond acceptors (Lipinski definition) is 4. The molecule has 1 unspecified atom stereocenters. The van der Waals surface area contributed by atoms with Gasteiger partial charge >= 0.3 is 0 Å². The molecule has 1 aromatic heterocycles. The lowest BCUT2D eigenvalue weighted by molar-refractivity contribution is 0.251. The van der Waals surface area contributed by atoms with Gasteiger partial charge in [-0.25, -0.2) is 9.98 Å². The summed E-state index contributed by atoms with van der Waals surface area (Å²) in [4.78, 5) is 8.78. The summed E-state index contributed by atoms with van der Waals surface area (Å²) in [6.07, 6.45) is 4.74. The number of ether oxygens (including phenoxy) is 1. The Balaban J connectivity index is 2.65. The standard InChI is InChI=1S/C17H30N4O2/c1-4-7-14(9-11-22)12-20-17(18-5-2)21-13-15-8-6-10-19-16(15)23-3/h6,8,10,14,22H,4-5,7,9,11-13H2,1-3H3,(H2,18,20,21). The largest absolute Gasteiger partial charge is 0.481 e. The highest BCUT2D eigenvalue weighted by atomic mass is 16.5. The van der Waals surface area contributed by atoms with Gasteiger partial charge in [-0.3, -0.25) is 0 Å². The Bertz CT molecular complexity index is 460. The average Bonchev–Trinajstić information content (AvgIpc) is 2.57. The first-order chi connectivity index (χ1) is 11.2. The van der Waals surface area contributed by atoms with E-state index < -0.39 is 0 Å². The third-order valence-corrected chi connectivity index (χ3v) is 3.59. The highest BCUT2D eigenvalue weighted by Gasteiger charge is 2.09. The molecule has 0 amide bonds. The molecule has 0 saturated carbocycles. The predicted octanol–water partition coefficient (Wildman–Crippen LogP) is 1.94. The average molecular weight is 322 g/mol. The van der Waals surface area contributed by atoms with Crippen LogP contribution >= 0.6 is 0 Å². The molecule has 6 nitrogen and oxygen atoms in total. The number of aliphatic hydroxyl groups excluding tert-OH is 1. The van der Waals surface area contributed by atoms with Crippen molar-refractivity contribution in [2.24, 2.45) is 10.9 Å². The maximum absolute atomic E-state index is 9.15. The number of nitrogens with one attached hydrogen (secondary N) is 2. The molecule has 0 radical (unpaired) electrons. The summed E-state index contributed by atoms with van der Waals surface area (Å²) >= 11 is 0. The molecule has 0 spiro atoms. The minimum atomic E-state index is 0.229. The molecule has 1 atom stereocenters. The first-order valence-electron chi connectivity index (χ1n) is 8.36. The van der Waals surface area contributed by atoms with Crippen LogP contribution in [0.25, 0.3) is 0 Å². The second-order valence-corrected chi connectivity index (χ2v) is 5.41. The van der Waals surface area contributed by atoms with Crippen molar-refractivity contribution in [3.63, 3.8) is 0 Å². The summed E-state index contributed by atoms with van der Waals surface area (Å²) in [5, 5.41) is 15.8. The number of hydrogen-bond donors (Lipinski definition) is 3. The molecule has 1 rings (SSSR count). The van der Waals surface area contributed by atoms with Crippen LogP contribution in [0.15, 0.2) is 23.3 Å². The van der Waals surface area contributed by atoms with Crippen LogP contribution in [0.4, 0.5) is 0 Å². The molecule has 0 fully saturated rings. The molecule has 23 heavy (non-hydrogen) atoms. The molecule has 3 N–H and O–H groups in total. The third kappa shape index (κ3) is 7.32. The summed E-state index contributed by atoms with van der Waals surface area (Å²) in [5.74, 6) is 1.84. The molecule has 1 heterocycles. The quantitative estimate of drug-likeness (QED) is 0.453. The van der Waals surface area contributed by atoms with E-state index in [0.717, 1.165) is 43.9 Å². The van der Waals surface area contributed by atoms with Gasteiger partial charge in [-0.05, 0) is 31.7 Å². The molecule has 0 aromatic carbocycles. The highest BCUT2D eigenvalue weighted by molar-refractivity contribution is 5.79. The second kappa shape index (κ2) is 11.7. The van der Waals surface area contributed by atoms with Crippen LogP contribution in [0.1, 0.15) is 38.7 Å². The molecular weight excluding hydrogens is 292 g/mol. The number of rotatable bonds is 10. The van der Waals surface area contributed by atoms with Gasteiger partial charge in [-0.2, -0.15) is 0 Å². The Kier molecular flexibility index (Phi) is 9.79. The van der Waals surface area contributed by atoms with E-state index in [1.807, 2.05) is 19.1 Å². The Labute approximate surface area is 139 Å². The van der Waals surface area contributed by atoms with Crippen molar-refractivity contribution in [1.82, 2.24) is 15.6 Å². The Hall–Kier alpha value is -1.82.